The first-order chi connectivity index (χ1) is 18.6. The lowest BCUT2D eigenvalue weighted by Gasteiger charge is -2.33. The van der Waals surface area contributed by atoms with Crippen molar-refractivity contribution in [3.8, 4) is 113 Å². The van der Waals surface area contributed by atoms with E-state index in [0.717, 1.165) is 42.3 Å². The van der Waals surface area contributed by atoms with Crippen molar-refractivity contribution in [1.82, 2.24) is 0 Å². The molecule has 0 bridgehead atoms. The van der Waals surface area contributed by atoms with Crippen LogP contribution < -0.4 is 10.2 Å². The maximum Gasteiger partial charge on any atom is 0.494 e. The average molecular weight is 492 g/mol. The summed E-state index contributed by atoms with van der Waals surface area (Å²) in [6.07, 6.45) is 11.5. The molecule has 2 rings (SSSR count). The SMILES string of the molecule is C#CC#CC#CC#CC#CC#CC#CC#CC#COc1cc(CC)c(B2OC(C)CC(CC)O2)c(CC)c1. The summed E-state index contributed by atoms with van der Waals surface area (Å²) in [6.45, 7) is 8.46. The number of benzene rings is 1. The zero-order chi connectivity index (χ0) is 27.4. The second kappa shape index (κ2) is 17.5. The summed E-state index contributed by atoms with van der Waals surface area (Å²) in [5.74, 6) is 40.7. The number of rotatable bonds is 5. The van der Waals surface area contributed by atoms with Crippen molar-refractivity contribution in [2.24, 2.45) is 0 Å². The molecule has 0 amide bonds. The van der Waals surface area contributed by atoms with Gasteiger partial charge in [0.05, 0.1) is 0 Å². The van der Waals surface area contributed by atoms with Gasteiger partial charge in [0, 0.05) is 59.6 Å². The Morgan fingerprint density at radius 2 is 1.24 bits per heavy atom. The van der Waals surface area contributed by atoms with E-state index in [4.69, 9.17) is 20.5 Å². The molecule has 1 saturated heterocycles. The molecule has 1 fully saturated rings. The topological polar surface area (TPSA) is 27.7 Å². The molecular formula is C34H25BO3. The van der Waals surface area contributed by atoms with Crippen molar-refractivity contribution in [2.45, 2.75) is 65.6 Å². The molecule has 182 valence electrons. The van der Waals surface area contributed by atoms with E-state index in [1.165, 1.54) is 0 Å². The lowest BCUT2D eigenvalue weighted by atomic mass is 9.70. The smallest absolute Gasteiger partial charge is 0.407 e. The van der Waals surface area contributed by atoms with Crippen molar-refractivity contribution in [2.75, 3.05) is 0 Å². The largest absolute Gasteiger partial charge is 0.494 e. The maximum absolute atomic E-state index is 6.26. The predicted molar refractivity (Wildman–Crippen MR) is 153 cm³/mol. The van der Waals surface area contributed by atoms with Gasteiger partial charge in [-0.3, -0.25) is 0 Å². The van der Waals surface area contributed by atoms with Crippen LogP contribution >= 0.6 is 0 Å². The molecule has 1 aliphatic heterocycles. The first-order valence-electron chi connectivity index (χ1n) is 12.2. The lowest BCUT2D eigenvalue weighted by Crippen LogP contribution is -2.50. The molecule has 3 nitrogen and oxygen atoms in total. The molecule has 0 aliphatic carbocycles. The van der Waals surface area contributed by atoms with Crippen LogP contribution in [0.1, 0.15) is 51.7 Å². The standard InChI is InChI=1S/C34H25BO3/c1-6-10-11-12-13-14-15-16-17-18-19-20-21-22-23-24-25-36-33-27-30(7-2)34(31(8-3)28-33)35-37-29(5)26-32(9-4)38-35/h1,27-29,32H,7-9,26H2,2-5H3. The minimum Gasteiger partial charge on any atom is -0.407 e. The zero-order valence-electron chi connectivity index (χ0n) is 22.0. The summed E-state index contributed by atoms with van der Waals surface area (Å²) in [6, 6.07) is 3.98. The van der Waals surface area contributed by atoms with Gasteiger partial charge in [-0.2, -0.15) is 0 Å². The van der Waals surface area contributed by atoms with Crippen LogP contribution in [0.2, 0.25) is 0 Å². The Morgan fingerprint density at radius 1 is 0.763 bits per heavy atom. The van der Waals surface area contributed by atoms with Gasteiger partial charge >= 0.3 is 7.12 Å². The highest BCUT2D eigenvalue weighted by molar-refractivity contribution is 6.62. The molecule has 0 radical (unpaired) electrons. The van der Waals surface area contributed by atoms with Crippen LogP contribution in [0, 0.1) is 107 Å². The molecule has 4 heteroatoms. The molecule has 0 spiro atoms. The number of aryl methyl sites for hydroxylation is 2. The van der Waals surface area contributed by atoms with E-state index in [9.17, 15) is 0 Å². The van der Waals surface area contributed by atoms with E-state index in [1.54, 1.807) is 0 Å². The molecule has 0 aromatic heterocycles. The molecule has 1 aromatic rings. The predicted octanol–water partition coefficient (Wildman–Crippen LogP) is 3.11. The Bertz CT molecular complexity index is 1540. The number of terminal acetylenes is 1. The van der Waals surface area contributed by atoms with E-state index >= 15 is 0 Å². The zero-order valence-corrected chi connectivity index (χ0v) is 22.0. The highest BCUT2D eigenvalue weighted by Crippen LogP contribution is 2.23. The first-order valence-corrected chi connectivity index (χ1v) is 12.2. The average Bonchev–Trinajstić information content (AvgIpc) is 2.93. The van der Waals surface area contributed by atoms with Gasteiger partial charge in [-0.05, 0) is 109 Å². The van der Waals surface area contributed by atoms with Gasteiger partial charge in [-0.15, -0.1) is 6.42 Å². The fourth-order valence-corrected chi connectivity index (χ4v) is 3.54. The maximum atomic E-state index is 6.26. The van der Waals surface area contributed by atoms with Crippen molar-refractivity contribution < 1.29 is 14.0 Å². The third-order valence-electron chi connectivity index (χ3n) is 5.21. The van der Waals surface area contributed by atoms with Gasteiger partial charge in [0.2, 0.25) is 0 Å². The number of ether oxygens (including phenoxy) is 1. The minimum atomic E-state index is -0.362. The Hall–Kier alpha value is -4.96. The fraction of sp³-hybridized carbons (Fsp3) is 0.294. The Morgan fingerprint density at radius 3 is 1.68 bits per heavy atom. The Kier molecular flexibility index (Phi) is 13.5. The lowest BCUT2D eigenvalue weighted by molar-refractivity contribution is 0.0294. The summed E-state index contributed by atoms with van der Waals surface area (Å²) in [5, 5.41) is 0. The van der Waals surface area contributed by atoms with Crippen molar-refractivity contribution in [1.29, 1.82) is 0 Å². The normalized spacial score (nSPS) is 14.1. The van der Waals surface area contributed by atoms with Crippen LogP contribution in [0.25, 0.3) is 0 Å². The molecule has 38 heavy (non-hydrogen) atoms. The first kappa shape index (κ1) is 29.3. The highest BCUT2D eigenvalue weighted by Gasteiger charge is 2.35. The van der Waals surface area contributed by atoms with Gasteiger partial charge < -0.3 is 14.0 Å². The molecule has 1 heterocycles. The van der Waals surface area contributed by atoms with Gasteiger partial charge in [-0.1, -0.05) is 20.8 Å². The molecule has 0 saturated carbocycles. The quantitative estimate of drug-likeness (QED) is 0.467. The van der Waals surface area contributed by atoms with Crippen LogP contribution in [-0.2, 0) is 22.2 Å². The van der Waals surface area contributed by atoms with Crippen molar-refractivity contribution >= 4 is 12.6 Å². The molecule has 1 aliphatic rings. The third kappa shape index (κ3) is 10.3. The van der Waals surface area contributed by atoms with Crippen LogP contribution in [0.5, 0.6) is 5.75 Å². The summed E-state index contributed by atoms with van der Waals surface area (Å²) < 4.78 is 18.1. The Labute approximate surface area is 228 Å². The van der Waals surface area contributed by atoms with Crippen LogP contribution in [0.3, 0.4) is 0 Å². The summed E-state index contributed by atoms with van der Waals surface area (Å²) in [7, 11) is -0.362. The van der Waals surface area contributed by atoms with Gasteiger partial charge in [0.1, 0.15) is 11.9 Å². The van der Waals surface area contributed by atoms with Gasteiger partial charge in [0.15, 0.2) is 0 Å². The van der Waals surface area contributed by atoms with E-state index in [0.29, 0.717) is 5.75 Å². The second-order valence-electron chi connectivity index (χ2n) is 7.77. The van der Waals surface area contributed by atoms with E-state index in [1.807, 2.05) is 12.1 Å². The van der Waals surface area contributed by atoms with E-state index < -0.39 is 0 Å². The molecule has 1 aromatic carbocycles. The third-order valence-corrected chi connectivity index (χ3v) is 5.21. The summed E-state index contributed by atoms with van der Waals surface area (Å²) in [4.78, 5) is 0. The van der Waals surface area contributed by atoms with Crippen molar-refractivity contribution in [3.05, 3.63) is 23.3 Å². The fourth-order valence-electron chi connectivity index (χ4n) is 3.54. The van der Waals surface area contributed by atoms with Crippen molar-refractivity contribution in [3.63, 3.8) is 0 Å². The van der Waals surface area contributed by atoms with Crippen LogP contribution in [-0.4, -0.2) is 19.3 Å². The van der Waals surface area contributed by atoms with Gasteiger partial charge in [-0.25, -0.2) is 0 Å². The number of hydrogen-bond acceptors (Lipinski definition) is 3. The Balaban J connectivity index is 2.01. The summed E-state index contributed by atoms with van der Waals surface area (Å²) in [5.41, 5.74) is 3.36. The molecule has 2 unspecified atom stereocenters. The second-order valence-corrected chi connectivity index (χ2v) is 7.77. The monoisotopic (exact) mass is 492 g/mol. The summed E-state index contributed by atoms with van der Waals surface area (Å²) >= 11 is 0. The van der Waals surface area contributed by atoms with E-state index in [-0.39, 0.29) is 19.3 Å². The molecule has 0 N–H and O–H groups in total. The molecular weight excluding hydrogens is 467 g/mol. The molecule has 2 atom stereocenters. The number of hydrogen-bond donors (Lipinski definition) is 0. The van der Waals surface area contributed by atoms with Crippen LogP contribution in [0.15, 0.2) is 12.1 Å². The minimum absolute atomic E-state index is 0.154. The highest BCUT2D eigenvalue weighted by atomic mass is 16.6. The van der Waals surface area contributed by atoms with E-state index in [2.05, 4.69) is 129 Å². The van der Waals surface area contributed by atoms with Crippen LogP contribution in [0.4, 0.5) is 0 Å². The van der Waals surface area contributed by atoms with Gasteiger partial charge in [0.25, 0.3) is 0 Å².